The Morgan fingerprint density at radius 2 is 2.44 bits per heavy atom. The lowest BCUT2D eigenvalue weighted by Gasteiger charge is -2.13. The predicted molar refractivity (Wildman–Crippen MR) is 78.4 cm³/mol. The minimum Gasteiger partial charge on any atom is -0.379 e. The van der Waals surface area contributed by atoms with Gasteiger partial charge in [0.1, 0.15) is 12.2 Å². The average molecular weight is 286 g/mol. The summed E-state index contributed by atoms with van der Waals surface area (Å²) in [4.78, 5) is 12.0. The van der Waals surface area contributed by atoms with Gasteiger partial charge in [0.05, 0.1) is 11.2 Å². The summed E-state index contributed by atoms with van der Waals surface area (Å²) in [7, 11) is 0. The zero-order valence-corrected chi connectivity index (χ0v) is 12.0. The molecule has 1 N–H and O–H groups in total. The molecule has 0 fully saturated rings. The highest BCUT2D eigenvalue weighted by Crippen LogP contribution is 2.16. The molecule has 0 aliphatic heterocycles. The maximum atomic E-state index is 12.0. The van der Waals surface area contributed by atoms with Crippen molar-refractivity contribution >= 4 is 29.1 Å². The van der Waals surface area contributed by atoms with Crippen molar-refractivity contribution in [3.8, 4) is 12.3 Å². The molecular formula is C12H16ClN3OS. The molecule has 1 rings (SSSR count). The second kappa shape index (κ2) is 7.34. The van der Waals surface area contributed by atoms with E-state index in [0.717, 1.165) is 5.75 Å². The molecule has 1 heterocycles. The lowest BCUT2D eigenvalue weighted by molar-refractivity contribution is 0.658. The third-order valence-electron chi connectivity index (χ3n) is 2.32. The largest absolute Gasteiger partial charge is 0.379 e. The van der Waals surface area contributed by atoms with Crippen molar-refractivity contribution in [1.82, 2.24) is 9.78 Å². The minimum absolute atomic E-state index is 0.144. The maximum absolute atomic E-state index is 12.0. The zero-order valence-electron chi connectivity index (χ0n) is 10.4. The molecule has 1 atom stereocenters. The summed E-state index contributed by atoms with van der Waals surface area (Å²) in [5, 5.41) is 7.28. The third-order valence-corrected chi connectivity index (χ3v) is 3.51. The van der Waals surface area contributed by atoms with Crippen LogP contribution in [0.4, 0.5) is 5.69 Å². The van der Waals surface area contributed by atoms with Crippen LogP contribution in [-0.2, 0) is 6.54 Å². The molecule has 0 aromatic carbocycles. The van der Waals surface area contributed by atoms with Gasteiger partial charge in [-0.05, 0) is 17.9 Å². The monoisotopic (exact) mass is 285 g/mol. The van der Waals surface area contributed by atoms with Gasteiger partial charge in [0.2, 0.25) is 0 Å². The van der Waals surface area contributed by atoms with Gasteiger partial charge in [-0.2, -0.15) is 16.9 Å². The molecule has 0 saturated heterocycles. The van der Waals surface area contributed by atoms with Crippen LogP contribution in [0.25, 0.3) is 0 Å². The first-order valence-corrected chi connectivity index (χ1v) is 7.29. The van der Waals surface area contributed by atoms with Crippen LogP contribution in [0.1, 0.15) is 6.92 Å². The Balaban J connectivity index is 2.85. The van der Waals surface area contributed by atoms with E-state index >= 15 is 0 Å². The molecule has 0 radical (unpaired) electrons. The van der Waals surface area contributed by atoms with E-state index in [-0.39, 0.29) is 12.1 Å². The summed E-state index contributed by atoms with van der Waals surface area (Å²) in [5.41, 5.74) is 0.0895. The summed E-state index contributed by atoms with van der Waals surface area (Å²) in [6, 6.07) is 0. The molecule has 98 valence electrons. The Hall–Kier alpha value is -1.12. The first-order chi connectivity index (χ1) is 8.60. The number of hydrogen-bond acceptors (Lipinski definition) is 4. The van der Waals surface area contributed by atoms with Gasteiger partial charge >= 0.3 is 0 Å². The topological polar surface area (TPSA) is 46.9 Å². The zero-order chi connectivity index (χ0) is 13.5. The van der Waals surface area contributed by atoms with Crippen molar-refractivity contribution in [2.45, 2.75) is 13.5 Å². The Morgan fingerprint density at radius 3 is 3.06 bits per heavy atom. The first-order valence-electron chi connectivity index (χ1n) is 5.52. The standard InChI is InChI=1S/C12H16ClN3OS/c1-4-5-16-12(17)11(10(13)7-15-16)14-6-9(2)8-18-3/h1,7,9,14H,5-6,8H2,2-3H3. The van der Waals surface area contributed by atoms with Crippen LogP contribution in [-0.4, -0.2) is 28.3 Å². The molecule has 0 amide bonds. The number of anilines is 1. The number of thioether (sulfide) groups is 1. The number of nitrogens with zero attached hydrogens (tertiary/aromatic N) is 2. The molecule has 18 heavy (non-hydrogen) atoms. The van der Waals surface area contributed by atoms with Gasteiger partial charge in [0, 0.05) is 6.54 Å². The van der Waals surface area contributed by atoms with E-state index in [4.69, 9.17) is 18.0 Å². The molecule has 0 saturated carbocycles. The molecule has 6 heteroatoms. The number of halogens is 1. The first kappa shape index (κ1) is 14.9. The number of rotatable bonds is 6. The van der Waals surface area contributed by atoms with Crippen molar-refractivity contribution in [2.75, 3.05) is 23.9 Å². The van der Waals surface area contributed by atoms with Gasteiger partial charge in [-0.3, -0.25) is 4.79 Å². The van der Waals surface area contributed by atoms with Gasteiger partial charge in [-0.25, -0.2) is 4.68 Å². The quantitative estimate of drug-likeness (QED) is 0.812. The van der Waals surface area contributed by atoms with Crippen molar-refractivity contribution in [1.29, 1.82) is 0 Å². The van der Waals surface area contributed by atoms with E-state index in [2.05, 4.69) is 29.5 Å². The van der Waals surface area contributed by atoms with Crippen molar-refractivity contribution < 1.29 is 0 Å². The number of nitrogens with one attached hydrogen (secondary N) is 1. The van der Waals surface area contributed by atoms with Gasteiger partial charge in [-0.15, -0.1) is 6.42 Å². The lowest BCUT2D eigenvalue weighted by Crippen LogP contribution is -2.27. The van der Waals surface area contributed by atoms with Crippen LogP contribution in [0.2, 0.25) is 5.02 Å². The van der Waals surface area contributed by atoms with E-state index in [1.54, 1.807) is 11.8 Å². The summed E-state index contributed by atoms with van der Waals surface area (Å²) in [6.07, 6.45) is 8.66. The van der Waals surface area contributed by atoms with Gasteiger partial charge in [-0.1, -0.05) is 24.4 Å². The fourth-order valence-electron chi connectivity index (χ4n) is 1.45. The SMILES string of the molecule is C#CCn1ncc(Cl)c(NCC(C)CSC)c1=O. The van der Waals surface area contributed by atoms with E-state index in [9.17, 15) is 4.79 Å². The predicted octanol–water partition coefficient (Wildman–Crippen LogP) is 1.94. The smallest absolute Gasteiger partial charge is 0.292 e. The average Bonchev–Trinajstić information content (AvgIpc) is 2.33. The number of hydrogen-bond donors (Lipinski definition) is 1. The molecule has 0 aliphatic rings. The molecule has 0 bridgehead atoms. The fourth-order valence-corrected chi connectivity index (χ4v) is 2.33. The molecular weight excluding hydrogens is 270 g/mol. The van der Waals surface area contributed by atoms with Crippen LogP contribution in [0, 0.1) is 18.3 Å². The number of aromatic nitrogens is 2. The second-order valence-electron chi connectivity index (χ2n) is 3.98. The van der Waals surface area contributed by atoms with Crippen LogP contribution in [0.15, 0.2) is 11.0 Å². The highest BCUT2D eigenvalue weighted by molar-refractivity contribution is 7.98. The highest BCUT2D eigenvalue weighted by atomic mass is 35.5. The van der Waals surface area contributed by atoms with Crippen LogP contribution in [0.5, 0.6) is 0 Å². The van der Waals surface area contributed by atoms with E-state index in [1.165, 1.54) is 10.9 Å². The van der Waals surface area contributed by atoms with Crippen LogP contribution < -0.4 is 10.9 Å². The normalized spacial score (nSPS) is 11.9. The summed E-state index contributed by atoms with van der Waals surface area (Å²) in [6.45, 7) is 2.94. The minimum atomic E-state index is -0.281. The summed E-state index contributed by atoms with van der Waals surface area (Å²) in [5.74, 6) is 3.85. The Kier molecular flexibility index (Phi) is 6.10. The second-order valence-corrected chi connectivity index (χ2v) is 5.29. The molecule has 1 aromatic heterocycles. The van der Waals surface area contributed by atoms with E-state index in [0.29, 0.717) is 23.2 Å². The third kappa shape index (κ3) is 3.97. The molecule has 1 unspecified atom stereocenters. The number of terminal acetylenes is 1. The highest BCUT2D eigenvalue weighted by Gasteiger charge is 2.10. The van der Waals surface area contributed by atoms with Crippen LogP contribution in [0.3, 0.4) is 0 Å². The molecule has 1 aromatic rings. The van der Waals surface area contributed by atoms with Crippen LogP contribution >= 0.6 is 23.4 Å². The fraction of sp³-hybridized carbons (Fsp3) is 0.500. The maximum Gasteiger partial charge on any atom is 0.292 e. The summed E-state index contributed by atoms with van der Waals surface area (Å²) >= 11 is 7.74. The molecule has 0 spiro atoms. The van der Waals surface area contributed by atoms with Gasteiger partial charge in [0.15, 0.2) is 0 Å². The van der Waals surface area contributed by atoms with Crippen molar-refractivity contribution in [3.05, 3.63) is 21.6 Å². The Morgan fingerprint density at radius 1 is 1.72 bits per heavy atom. The Bertz CT molecular complexity index is 495. The van der Waals surface area contributed by atoms with Crippen molar-refractivity contribution in [2.24, 2.45) is 5.92 Å². The lowest BCUT2D eigenvalue weighted by atomic mass is 10.2. The van der Waals surface area contributed by atoms with Gasteiger partial charge < -0.3 is 5.32 Å². The van der Waals surface area contributed by atoms with Crippen molar-refractivity contribution in [3.63, 3.8) is 0 Å². The summed E-state index contributed by atoms with van der Waals surface area (Å²) < 4.78 is 1.22. The molecule has 0 aliphatic carbocycles. The van der Waals surface area contributed by atoms with Gasteiger partial charge in [0.25, 0.3) is 5.56 Å². The molecule has 4 nitrogen and oxygen atoms in total. The van der Waals surface area contributed by atoms with E-state index < -0.39 is 0 Å². The Labute approximate surface area is 116 Å². The van der Waals surface area contributed by atoms with E-state index in [1.807, 2.05) is 0 Å².